The van der Waals surface area contributed by atoms with Gasteiger partial charge >= 0.3 is 0 Å². The fourth-order valence-corrected chi connectivity index (χ4v) is 5.29. The molecule has 144 valence electrons. The van der Waals surface area contributed by atoms with Crippen molar-refractivity contribution >= 4 is 21.6 Å². The second kappa shape index (κ2) is 7.50. The van der Waals surface area contributed by atoms with E-state index < -0.39 is 10.0 Å². The van der Waals surface area contributed by atoms with Gasteiger partial charge < -0.3 is 4.98 Å². The highest BCUT2D eigenvalue weighted by atomic mass is 35.5. The Labute approximate surface area is 167 Å². The summed E-state index contributed by atoms with van der Waals surface area (Å²) in [6, 6.07) is 15.8. The number of H-pyrrole nitrogens is 1. The molecule has 0 atom stereocenters. The number of halogens is 1. The Morgan fingerprint density at radius 3 is 2.39 bits per heavy atom. The first kappa shape index (κ1) is 18.9. The van der Waals surface area contributed by atoms with Crippen molar-refractivity contribution in [3.63, 3.8) is 0 Å². The summed E-state index contributed by atoms with van der Waals surface area (Å²) < 4.78 is 27.4. The number of hydrogen-bond acceptors (Lipinski definition) is 4. The van der Waals surface area contributed by atoms with Gasteiger partial charge in [-0.25, -0.2) is 13.4 Å². The van der Waals surface area contributed by atoms with Gasteiger partial charge in [-0.15, -0.1) is 0 Å². The number of fused-ring (bicyclic) bond motifs is 1. The minimum absolute atomic E-state index is 0.0782. The Morgan fingerprint density at radius 2 is 1.64 bits per heavy atom. The summed E-state index contributed by atoms with van der Waals surface area (Å²) in [7, 11) is -3.75. The Bertz CT molecular complexity index is 1180. The van der Waals surface area contributed by atoms with Gasteiger partial charge in [-0.05, 0) is 18.6 Å². The highest BCUT2D eigenvalue weighted by molar-refractivity contribution is 7.89. The Hall–Kier alpha value is -2.48. The fraction of sp³-hybridized carbons (Fsp3) is 0.200. The molecule has 0 unspecified atom stereocenters. The number of aromatic nitrogens is 2. The van der Waals surface area contributed by atoms with Crippen molar-refractivity contribution in [1.29, 1.82) is 0 Å². The monoisotopic (exact) mass is 415 g/mol. The van der Waals surface area contributed by atoms with Gasteiger partial charge in [-0.1, -0.05) is 54.1 Å². The minimum atomic E-state index is -3.75. The van der Waals surface area contributed by atoms with Crippen molar-refractivity contribution in [3.05, 3.63) is 81.2 Å². The molecule has 8 heteroatoms. The number of hydrogen-bond donors (Lipinski definition) is 1. The predicted molar refractivity (Wildman–Crippen MR) is 108 cm³/mol. The summed E-state index contributed by atoms with van der Waals surface area (Å²) in [5.41, 5.74) is 1.77. The van der Waals surface area contributed by atoms with Crippen LogP contribution in [0.3, 0.4) is 0 Å². The number of benzene rings is 2. The topological polar surface area (TPSA) is 83.1 Å². The third-order valence-corrected chi connectivity index (χ3v) is 7.21. The van der Waals surface area contributed by atoms with E-state index in [0.29, 0.717) is 29.9 Å². The summed E-state index contributed by atoms with van der Waals surface area (Å²) >= 11 is 6.10. The summed E-state index contributed by atoms with van der Waals surface area (Å²) in [4.78, 5) is 20.1. The molecule has 0 aliphatic carbocycles. The van der Waals surface area contributed by atoms with E-state index in [-0.39, 0.29) is 28.6 Å². The molecule has 1 aromatic heterocycles. The normalized spacial score (nSPS) is 15.0. The van der Waals surface area contributed by atoms with E-state index in [1.54, 1.807) is 18.2 Å². The molecule has 0 saturated carbocycles. The molecule has 1 aliphatic rings. The van der Waals surface area contributed by atoms with E-state index in [0.717, 1.165) is 5.56 Å². The van der Waals surface area contributed by atoms with E-state index in [4.69, 9.17) is 11.6 Å². The number of aromatic amines is 1. The molecule has 0 amide bonds. The number of nitrogens with one attached hydrogen (secondary N) is 1. The SMILES string of the molecule is O=c1[nH]c(-c2ccccc2)nc2c1CCN(S(=O)(=O)c1ccccc1Cl)CC2. The second-order valence-electron chi connectivity index (χ2n) is 6.54. The summed E-state index contributed by atoms with van der Waals surface area (Å²) in [6.07, 6.45) is 0.666. The fourth-order valence-electron chi connectivity index (χ4n) is 3.35. The molecular weight excluding hydrogens is 398 g/mol. The van der Waals surface area contributed by atoms with E-state index in [1.165, 1.54) is 10.4 Å². The van der Waals surface area contributed by atoms with Crippen LogP contribution in [-0.2, 0) is 22.9 Å². The molecule has 2 heterocycles. The number of rotatable bonds is 3. The summed E-state index contributed by atoms with van der Waals surface area (Å²) in [5, 5.41) is 0.187. The quantitative estimate of drug-likeness (QED) is 0.713. The van der Waals surface area contributed by atoms with Crippen LogP contribution >= 0.6 is 11.6 Å². The number of nitrogens with zero attached hydrogens (tertiary/aromatic N) is 2. The van der Waals surface area contributed by atoms with Crippen molar-refractivity contribution in [2.24, 2.45) is 0 Å². The molecule has 1 N–H and O–H groups in total. The van der Waals surface area contributed by atoms with E-state index in [1.807, 2.05) is 30.3 Å². The first-order valence-electron chi connectivity index (χ1n) is 8.89. The van der Waals surface area contributed by atoms with Crippen LogP contribution in [0, 0.1) is 0 Å². The molecule has 6 nitrogen and oxygen atoms in total. The minimum Gasteiger partial charge on any atom is -0.306 e. The first-order chi connectivity index (χ1) is 13.5. The highest BCUT2D eigenvalue weighted by Crippen LogP contribution is 2.26. The standard InChI is InChI=1S/C20H18ClN3O3S/c21-16-8-4-5-9-18(16)28(26,27)24-12-10-15-17(11-13-24)22-19(23-20(15)25)14-6-2-1-3-7-14/h1-9H,10-13H2,(H,22,23,25). The molecule has 0 fully saturated rings. The Balaban J connectivity index is 1.67. The van der Waals surface area contributed by atoms with Gasteiger partial charge in [-0.2, -0.15) is 4.31 Å². The maximum Gasteiger partial charge on any atom is 0.254 e. The van der Waals surface area contributed by atoms with Gasteiger partial charge in [0.25, 0.3) is 5.56 Å². The van der Waals surface area contributed by atoms with Crippen LogP contribution in [0.2, 0.25) is 5.02 Å². The zero-order chi connectivity index (χ0) is 19.7. The predicted octanol–water partition coefficient (Wildman–Crippen LogP) is 2.88. The maximum absolute atomic E-state index is 13.0. The first-order valence-corrected chi connectivity index (χ1v) is 10.7. The van der Waals surface area contributed by atoms with Gasteiger partial charge in [0.2, 0.25) is 10.0 Å². The van der Waals surface area contributed by atoms with Crippen molar-refractivity contribution in [3.8, 4) is 11.4 Å². The lowest BCUT2D eigenvalue weighted by Gasteiger charge is -2.20. The van der Waals surface area contributed by atoms with Crippen LogP contribution in [0.25, 0.3) is 11.4 Å². The van der Waals surface area contributed by atoms with Crippen molar-refractivity contribution in [2.45, 2.75) is 17.7 Å². The molecule has 3 aromatic rings. The van der Waals surface area contributed by atoms with Crippen molar-refractivity contribution in [2.75, 3.05) is 13.1 Å². The molecule has 0 radical (unpaired) electrons. The lowest BCUT2D eigenvalue weighted by Crippen LogP contribution is -2.33. The van der Waals surface area contributed by atoms with Crippen molar-refractivity contribution < 1.29 is 8.42 Å². The van der Waals surface area contributed by atoms with Gasteiger partial charge in [-0.3, -0.25) is 4.79 Å². The average Bonchev–Trinajstić information content (AvgIpc) is 2.92. The molecular formula is C20H18ClN3O3S. The molecule has 0 saturated heterocycles. The second-order valence-corrected chi connectivity index (χ2v) is 8.85. The maximum atomic E-state index is 13.0. The molecule has 0 spiro atoms. The Kier molecular flexibility index (Phi) is 5.05. The van der Waals surface area contributed by atoms with E-state index in [2.05, 4.69) is 9.97 Å². The van der Waals surface area contributed by atoms with Gasteiger partial charge in [0.05, 0.1) is 10.7 Å². The molecule has 28 heavy (non-hydrogen) atoms. The van der Waals surface area contributed by atoms with Crippen LogP contribution in [0.4, 0.5) is 0 Å². The van der Waals surface area contributed by atoms with Crippen LogP contribution < -0.4 is 5.56 Å². The van der Waals surface area contributed by atoms with E-state index >= 15 is 0 Å². The third-order valence-electron chi connectivity index (χ3n) is 4.81. The molecule has 2 aromatic carbocycles. The van der Waals surface area contributed by atoms with Crippen LogP contribution in [-0.4, -0.2) is 35.8 Å². The van der Waals surface area contributed by atoms with Crippen LogP contribution in [0.5, 0.6) is 0 Å². The van der Waals surface area contributed by atoms with Gasteiger partial charge in [0.1, 0.15) is 10.7 Å². The molecule has 4 rings (SSSR count). The zero-order valence-electron chi connectivity index (χ0n) is 14.9. The largest absolute Gasteiger partial charge is 0.306 e. The van der Waals surface area contributed by atoms with Crippen molar-refractivity contribution in [1.82, 2.24) is 14.3 Å². The molecule has 0 bridgehead atoms. The van der Waals surface area contributed by atoms with Crippen LogP contribution in [0.15, 0.2) is 64.3 Å². The smallest absolute Gasteiger partial charge is 0.254 e. The van der Waals surface area contributed by atoms with E-state index in [9.17, 15) is 13.2 Å². The zero-order valence-corrected chi connectivity index (χ0v) is 16.5. The lowest BCUT2D eigenvalue weighted by atomic mass is 10.1. The molecule has 1 aliphatic heterocycles. The third kappa shape index (κ3) is 3.48. The summed E-state index contributed by atoms with van der Waals surface area (Å²) in [6.45, 7) is 0.446. The van der Waals surface area contributed by atoms with Gasteiger partial charge in [0, 0.05) is 30.6 Å². The average molecular weight is 416 g/mol. The number of sulfonamides is 1. The summed E-state index contributed by atoms with van der Waals surface area (Å²) in [5.74, 6) is 0.492. The Morgan fingerprint density at radius 1 is 0.964 bits per heavy atom. The lowest BCUT2D eigenvalue weighted by molar-refractivity contribution is 0.426. The van der Waals surface area contributed by atoms with Crippen LogP contribution in [0.1, 0.15) is 11.3 Å². The highest BCUT2D eigenvalue weighted by Gasteiger charge is 2.29. The van der Waals surface area contributed by atoms with Gasteiger partial charge in [0.15, 0.2) is 0 Å².